The fourth-order valence-electron chi connectivity index (χ4n) is 1.45. The maximum atomic E-state index is 11.2. The van der Waals surface area contributed by atoms with Gasteiger partial charge < -0.3 is 9.73 Å². The Bertz CT molecular complexity index is 554. The van der Waals surface area contributed by atoms with Crippen molar-refractivity contribution in [3.05, 3.63) is 52.4 Å². The average Bonchev–Trinajstić information content (AvgIpc) is 2.84. The van der Waals surface area contributed by atoms with Crippen LogP contribution in [0.5, 0.6) is 0 Å². The van der Waals surface area contributed by atoms with Crippen LogP contribution in [0.1, 0.15) is 16.3 Å². The molecule has 0 aliphatic heterocycles. The summed E-state index contributed by atoms with van der Waals surface area (Å²) in [5, 5.41) is 3.19. The van der Waals surface area contributed by atoms with Crippen LogP contribution >= 0.6 is 15.9 Å². The number of nitrogens with two attached hydrogens (primary N) is 1. The van der Waals surface area contributed by atoms with E-state index in [2.05, 4.69) is 21.2 Å². The summed E-state index contributed by atoms with van der Waals surface area (Å²) < 4.78 is 6.32. The van der Waals surface area contributed by atoms with E-state index >= 15 is 0 Å². The van der Waals surface area contributed by atoms with Crippen LogP contribution in [0, 0.1) is 0 Å². The van der Waals surface area contributed by atoms with Gasteiger partial charge in [-0.05, 0) is 30.3 Å². The fraction of sp³-hybridized carbons (Fsp3) is 0.0833. The number of hydrogen-bond acceptors (Lipinski definition) is 4. The molecule has 0 saturated carbocycles. The molecule has 0 aliphatic rings. The first kappa shape index (κ1) is 12.7. The van der Waals surface area contributed by atoms with Crippen LogP contribution < -0.4 is 16.6 Å². The number of halogens is 1. The van der Waals surface area contributed by atoms with Crippen LogP contribution in [0.2, 0.25) is 0 Å². The van der Waals surface area contributed by atoms with Gasteiger partial charge in [-0.25, -0.2) is 5.84 Å². The Morgan fingerprint density at radius 3 is 2.89 bits per heavy atom. The van der Waals surface area contributed by atoms with Crippen molar-refractivity contribution in [3.63, 3.8) is 0 Å². The van der Waals surface area contributed by atoms with Gasteiger partial charge in [0.25, 0.3) is 0 Å². The highest BCUT2D eigenvalue weighted by Gasteiger charge is 2.08. The van der Waals surface area contributed by atoms with Crippen molar-refractivity contribution in [2.75, 3.05) is 5.32 Å². The third-order valence-electron chi connectivity index (χ3n) is 2.31. The number of hydrogen-bond donors (Lipinski definition) is 3. The van der Waals surface area contributed by atoms with Gasteiger partial charge in [-0.1, -0.05) is 22.0 Å². The Balaban J connectivity index is 1.98. The van der Waals surface area contributed by atoms with Crippen molar-refractivity contribution in [1.82, 2.24) is 5.43 Å². The molecular formula is C12H12BrN3O2. The Morgan fingerprint density at radius 1 is 1.33 bits per heavy atom. The van der Waals surface area contributed by atoms with Crippen LogP contribution in [0.25, 0.3) is 0 Å². The summed E-state index contributed by atoms with van der Waals surface area (Å²) in [6.07, 6.45) is 0. The summed E-state index contributed by atoms with van der Waals surface area (Å²) in [7, 11) is 0. The number of furan rings is 1. The predicted octanol–water partition coefficient (Wildman–Crippen LogP) is 2.26. The van der Waals surface area contributed by atoms with E-state index in [0.717, 1.165) is 10.2 Å². The lowest BCUT2D eigenvalue weighted by Gasteiger charge is -2.04. The zero-order valence-electron chi connectivity index (χ0n) is 9.44. The van der Waals surface area contributed by atoms with Crippen LogP contribution in [-0.2, 0) is 6.54 Å². The predicted molar refractivity (Wildman–Crippen MR) is 71.8 cm³/mol. The van der Waals surface area contributed by atoms with Crippen molar-refractivity contribution in [2.24, 2.45) is 5.84 Å². The molecule has 0 unspecified atom stereocenters. The van der Waals surface area contributed by atoms with Gasteiger partial charge in [-0.2, -0.15) is 0 Å². The van der Waals surface area contributed by atoms with Crippen LogP contribution in [0.3, 0.4) is 0 Å². The molecule has 5 nitrogen and oxygen atoms in total. The normalized spacial score (nSPS) is 10.1. The van der Waals surface area contributed by atoms with Gasteiger partial charge in [-0.15, -0.1) is 0 Å². The minimum atomic E-state index is -0.441. The monoisotopic (exact) mass is 309 g/mol. The van der Waals surface area contributed by atoms with E-state index in [0.29, 0.717) is 12.3 Å². The van der Waals surface area contributed by atoms with E-state index in [1.54, 1.807) is 12.1 Å². The third kappa shape index (κ3) is 3.12. The van der Waals surface area contributed by atoms with Crippen molar-refractivity contribution in [1.29, 1.82) is 0 Å². The van der Waals surface area contributed by atoms with Gasteiger partial charge in [0.2, 0.25) is 0 Å². The number of rotatable bonds is 4. The van der Waals surface area contributed by atoms with Crippen molar-refractivity contribution < 1.29 is 9.21 Å². The molecule has 0 fully saturated rings. The van der Waals surface area contributed by atoms with Crippen molar-refractivity contribution in [2.45, 2.75) is 6.54 Å². The molecule has 1 aromatic heterocycles. The molecule has 0 radical (unpaired) electrons. The van der Waals surface area contributed by atoms with Crippen molar-refractivity contribution >= 4 is 27.5 Å². The average molecular weight is 310 g/mol. The molecular weight excluding hydrogens is 298 g/mol. The first-order valence-corrected chi connectivity index (χ1v) is 6.07. The molecule has 0 saturated heterocycles. The van der Waals surface area contributed by atoms with E-state index < -0.39 is 5.91 Å². The van der Waals surface area contributed by atoms with Gasteiger partial charge >= 0.3 is 5.91 Å². The Kier molecular flexibility index (Phi) is 4.01. The molecule has 0 bridgehead atoms. The molecule has 6 heteroatoms. The maximum Gasteiger partial charge on any atom is 0.300 e. The van der Waals surface area contributed by atoms with Gasteiger partial charge in [0.05, 0.1) is 6.54 Å². The molecule has 1 heterocycles. The molecule has 18 heavy (non-hydrogen) atoms. The lowest BCUT2D eigenvalue weighted by molar-refractivity contribution is 0.0924. The first-order chi connectivity index (χ1) is 8.69. The number of hydrazine groups is 1. The third-order valence-corrected chi connectivity index (χ3v) is 2.80. The summed E-state index contributed by atoms with van der Waals surface area (Å²) in [6.45, 7) is 0.494. The molecule has 1 amide bonds. The number of nitrogens with one attached hydrogen (secondary N) is 2. The fourth-order valence-corrected chi connectivity index (χ4v) is 1.85. The van der Waals surface area contributed by atoms with E-state index in [-0.39, 0.29) is 5.76 Å². The minimum absolute atomic E-state index is 0.198. The highest BCUT2D eigenvalue weighted by atomic mass is 79.9. The Labute approximate surface area is 112 Å². The second-order valence-corrected chi connectivity index (χ2v) is 4.52. The first-order valence-electron chi connectivity index (χ1n) is 5.28. The second-order valence-electron chi connectivity index (χ2n) is 3.60. The molecule has 1 aromatic carbocycles. The minimum Gasteiger partial charge on any atom is -0.454 e. The lowest BCUT2D eigenvalue weighted by Crippen LogP contribution is -2.29. The number of nitrogen functional groups attached to an aromatic ring is 1. The standard InChI is InChI=1S/C12H12BrN3O2/c13-8-2-1-3-9(6-8)15-7-10-4-5-11(18-10)12(17)16-14/h1-6,15H,7,14H2,(H,16,17). The number of benzene rings is 1. The van der Waals surface area contributed by atoms with E-state index in [9.17, 15) is 4.79 Å². The van der Waals surface area contributed by atoms with E-state index in [1.807, 2.05) is 29.7 Å². The Morgan fingerprint density at radius 2 is 2.17 bits per heavy atom. The van der Waals surface area contributed by atoms with Crippen molar-refractivity contribution in [3.8, 4) is 0 Å². The van der Waals surface area contributed by atoms with Crippen LogP contribution in [-0.4, -0.2) is 5.91 Å². The summed E-state index contributed by atoms with van der Waals surface area (Å²) >= 11 is 3.39. The maximum absolute atomic E-state index is 11.2. The summed E-state index contributed by atoms with van der Waals surface area (Å²) in [5.41, 5.74) is 2.98. The second kappa shape index (κ2) is 5.70. The highest BCUT2D eigenvalue weighted by Crippen LogP contribution is 2.17. The molecule has 4 N–H and O–H groups in total. The van der Waals surface area contributed by atoms with E-state index in [1.165, 1.54) is 0 Å². The quantitative estimate of drug-likeness (QED) is 0.460. The zero-order valence-corrected chi connectivity index (χ0v) is 11.0. The van der Waals surface area contributed by atoms with Crippen LogP contribution in [0.4, 0.5) is 5.69 Å². The summed E-state index contributed by atoms with van der Waals surface area (Å²) in [5.74, 6) is 5.43. The summed E-state index contributed by atoms with van der Waals surface area (Å²) in [6, 6.07) is 11.1. The van der Waals surface area contributed by atoms with Gasteiger partial charge in [-0.3, -0.25) is 10.2 Å². The van der Waals surface area contributed by atoms with Gasteiger partial charge in [0.15, 0.2) is 5.76 Å². The van der Waals surface area contributed by atoms with E-state index in [4.69, 9.17) is 10.3 Å². The Hall–Kier alpha value is -1.79. The lowest BCUT2D eigenvalue weighted by atomic mass is 10.3. The molecule has 0 spiro atoms. The number of carbonyl (C=O) groups is 1. The smallest absolute Gasteiger partial charge is 0.300 e. The zero-order chi connectivity index (χ0) is 13.0. The number of anilines is 1. The largest absolute Gasteiger partial charge is 0.454 e. The van der Waals surface area contributed by atoms with Crippen LogP contribution in [0.15, 0.2) is 45.3 Å². The molecule has 2 aromatic rings. The molecule has 94 valence electrons. The van der Waals surface area contributed by atoms with Gasteiger partial charge in [0, 0.05) is 10.2 Å². The topological polar surface area (TPSA) is 80.3 Å². The molecule has 2 rings (SSSR count). The van der Waals surface area contributed by atoms with Gasteiger partial charge in [0.1, 0.15) is 5.76 Å². The molecule has 0 atom stereocenters. The SMILES string of the molecule is NNC(=O)c1ccc(CNc2cccc(Br)c2)o1. The number of carbonyl (C=O) groups excluding carboxylic acids is 1. The molecule has 0 aliphatic carbocycles. The number of amides is 1. The highest BCUT2D eigenvalue weighted by molar-refractivity contribution is 9.10. The summed E-state index contributed by atoms with van der Waals surface area (Å²) in [4.78, 5) is 11.2.